The lowest BCUT2D eigenvalue weighted by Gasteiger charge is -2.32. The molecule has 0 amide bonds. The molecule has 0 spiro atoms. The highest BCUT2D eigenvalue weighted by atomic mass is 15.1. The van der Waals surface area contributed by atoms with Crippen LogP contribution in [0.2, 0.25) is 0 Å². The van der Waals surface area contributed by atoms with E-state index in [1.807, 2.05) is 12.1 Å². The van der Waals surface area contributed by atoms with E-state index in [1.54, 1.807) is 0 Å². The molecular weight excluding hydrogens is 172 g/mol. The lowest BCUT2D eigenvalue weighted by Crippen LogP contribution is -2.34. The topological polar surface area (TPSA) is 29.3 Å². The number of anilines is 2. The van der Waals surface area contributed by atoms with Crippen LogP contribution in [0, 0.1) is 5.92 Å². The SMILES string of the molecule is C[C@H]1CCCN(c2ccc(N)cc2)C1. The molecule has 1 heterocycles. The van der Waals surface area contributed by atoms with Crippen LogP contribution in [0.5, 0.6) is 0 Å². The minimum absolute atomic E-state index is 0.821. The van der Waals surface area contributed by atoms with Crippen LogP contribution in [0.25, 0.3) is 0 Å². The van der Waals surface area contributed by atoms with Gasteiger partial charge in [-0.15, -0.1) is 0 Å². The fourth-order valence-corrected chi connectivity index (χ4v) is 2.11. The predicted octanol–water partition coefficient (Wildman–Crippen LogP) is 2.51. The monoisotopic (exact) mass is 190 g/mol. The van der Waals surface area contributed by atoms with Crippen LogP contribution in [0.4, 0.5) is 11.4 Å². The lowest BCUT2D eigenvalue weighted by molar-refractivity contribution is 0.447. The summed E-state index contributed by atoms with van der Waals surface area (Å²) in [6, 6.07) is 8.20. The molecule has 1 fully saturated rings. The molecule has 0 bridgehead atoms. The van der Waals surface area contributed by atoms with Crippen molar-refractivity contribution in [1.82, 2.24) is 0 Å². The molecule has 76 valence electrons. The largest absolute Gasteiger partial charge is 0.399 e. The van der Waals surface area contributed by atoms with Crippen molar-refractivity contribution in [2.24, 2.45) is 5.92 Å². The fourth-order valence-electron chi connectivity index (χ4n) is 2.11. The molecule has 1 aliphatic heterocycles. The number of piperidine rings is 1. The summed E-state index contributed by atoms with van der Waals surface area (Å²) in [5.41, 5.74) is 7.82. The molecule has 2 N–H and O–H groups in total. The highest BCUT2D eigenvalue weighted by molar-refractivity contribution is 5.53. The van der Waals surface area contributed by atoms with Crippen molar-refractivity contribution in [1.29, 1.82) is 0 Å². The van der Waals surface area contributed by atoms with Gasteiger partial charge in [0.15, 0.2) is 0 Å². The first-order valence-electron chi connectivity index (χ1n) is 5.36. The molecule has 0 radical (unpaired) electrons. The predicted molar refractivity (Wildman–Crippen MR) is 61.5 cm³/mol. The third-order valence-electron chi connectivity index (χ3n) is 2.92. The summed E-state index contributed by atoms with van der Waals surface area (Å²) in [6.07, 6.45) is 2.68. The number of rotatable bonds is 1. The number of benzene rings is 1. The van der Waals surface area contributed by atoms with Crippen LogP contribution in [0.1, 0.15) is 19.8 Å². The summed E-state index contributed by atoms with van der Waals surface area (Å²) < 4.78 is 0. The number of hydrogen-bond donors (Lipinski definition) is 1. The van der Waals surface area contributed by atoms with Gasteiger partial charge in [0.1, 0.15) is 0 Å². The van der Waals surface area contributed by atoms with Gasteiger partial charge in [0, 0.05) is 24.5 Å². The Labute approximate surface area is 85.7 Å². The number of nitrogens with zero attached hydrogens (tertiary/aromatic N) is 1. The summed E-state index contributed by atoms with van der Waals surface area (Å²) in [6.45, 7) is 4.70. The quantitative estimate of drug-likeness (QED) is 0.689. The molecular formula is C12H18N2. The van der Waals surface area contributed by atoms with Crippen LogP contribution >= 0.6 is 0 Å². The molecule has 2 heteroatoms. The van der Waals surface area contributed by atoms with E-state index in [2.05, 4.69) is 24.0 Å². The van der Waals surface area contributed by atoms with Crippen LogP contribution < -0.4 is 10.6 Å². The average Bonchev–Trinajstić information content (AvgIpc) is 2.19. The molecule has 0 saturated carbocycles. The Morgan fingerprint density at radius 2 is 2.00 bits per heavy atom. The van der Waals surface area contributed by atoms with E-state index in [9.17, 15) is 0 Å². The average molecular weight is 190 g/mol. The summed E-state index contributed by atoms with van der Waals surface area (Å²) in [5.74, 6) is 0.821. The maximum atomic E-state index is 5.66. The molecule has 0 unspecified atom stereocenters. The van der Waals surface area contributed by atoms with Gasteiger partial charge in [-0.3, -0.25) is 0 Å². The van der Waals surface area contributed by atoms with Crippen molar-refractivity contribution >= 4 is 11.4 Å². The second-order valence-electron chi connectivity index (χ2n) is 4.28. The van der Waals surface area contributed by atoms with Gasteiger partial charge in [-0.1, -0.05) is 6.92 Å². The summed E-state index contributed by atoms with van der Waals surface area (Å²) in [4.78, 5) is 2.45. The Morgan fingerprint density at radius 3 is 2.64 bits per heavy atom. The highest BCUT2D eigenvalue weighted by Crippen LogP contribution is 2.23. The van der Waals surface area contributed by atoms with Gasteiger partial charge in [0.2, 0.25) is 0 Å². The van der Waals surface area contributed by atoms with E-state index < -0.39 is 0 Å². The van der Waals surface area contributed by atoms with E-state index in [0.29, 0.717) is 0 Å². The van der Waals surface area contributed by atoms with Crippen molar-refractivity contribution in [3.8, 4) is 0 Å². The molecule has 1 aromatic carbocycles. The number of hydrogen-bond acceptors (Lipinski definition) is 2. The van der Waals surface area contributed by atoms with Crippen LogP contribution in [-0.2, 0) is 0 Å². The maximum Gasteiger partial charge on any atom is 0.0367 e. The molecule has 14 heavy (non-hydrogen) atoms. The van der Waals surface area contributed by atoms with Gasteiger partial charge in [-0.05, 0) is 43.0 Å². The zero-order valence-electron chi connectivity index (χ0n) is 8.74. The smallest absolute Gasteiger partial charge is 0.0367 e. The minimum Gasteiger partial charge on any atom is -0.399 e. The first-order chi connectivity index (χ1) is 6.75. The van der Waals surface area contributed by atoms with Crippen LogP contribution in [0.15, 0.2) is 24.3 Å². The first-order valence-corrected chi connectivity index (χ1v) is 5.36. The lowest BCUT2D eigenvalue weighted by atomic mass is 10.00. The highest BCUT2D eigenvalue weighted by Gasteiger charge is 2.15. The zero-order chi connectivity index (χ0) is 9.97. The van der Waals surface area contributed by atoms with Gasteiger partial charge < -0.3 is 10.6 Å². The van der Waals surface area contributed by atoms with Crippen molar-refractivity contribution < 1.29 is 0 Å². The van der Waals surface area contributed by atoms with Crippen LogP contribution in [0.3, 0.4) is 0 Å². The Morgan fingerprint density at radius 1 is 1.29 bits per heavy atom. The molecule has 0 aliphatic carbocycles. The van der Waals surface area contributed by atoms with Crippen molar-refractivity contribution in [3.05, 3.63) is 24.3 Å². The molecule has 1 atom stereocenters. The molecule has 2 rings (SSSR count). The standard InChI is InChI=1S/C12H18N2/c1-10-3-2-8-14(9-10)12-6-4-11(13)5-7-12/h4-7,10H,2-3,8-9,13H2,1H3/t10-/m0/s1. The van der Waals surface area contributed by atoms with Crippen molar-refractivity contribution in [2.45, 2.75) is 19.8 Å². The second-order valence-corrected chi connectivity index (χ2v) is 4.28. The van der Waals surface area contributed by atoms with Gasteiger partial charge in [-0.25, -0.2) is 0 Å². The van der Waals surface area contributed by atoms with Crippen molar-refractivity contribution in [3.63, 3.8) is 0 Å². The van der Waals surface area contributed by atoms with Gasteiger partial charge in [0.25, 0.3) is 0 Å². The van der Waals surface area contributed by atoms with E-state index in [-0.39, 0.29) is 0 Å². The van der Waals surface area contributed by atoms with Gasteiger partial charge in [0.05, 0.1) is 0 Å². The molecule has 2 nitrogen and oxygen atoms in total. The van der Waals surface area contributed by atoms with E-state index in [4.69, 9.17) is 5.73 Å². The molecule has 0 aromatic heterocycles. The first kappa shape index (κ1) is 9.38. The van der Waals surface area contributed by atoms with Crippen LogP contribution in [-0.4, -0.2) is 13.1 Å². The third kappa shape index (κ3) is 2.00. The maximum absolute atomic E-state index is 5.66. The Balaban J connectivity index is 2.10. The summed E-state index contributed by atoms with van der Waals surface area (Å²) >= 11 is 0. The van der Waals surface area contributed by atoms with Gasteiger partial charge in [-0.2, -0.15) is 0 Å². The molecule has 1 aromatic rings. The van der Waals surface area contributed by atoms with Gasteiger partial charge >= 0.3 is 0 Å². The Bertz CT molecular complexity index is 292. The third-order valence-corrected chi connectivity index (χ3v) is 2.92. The Hall–Kier alpha value is -1.18. The minimum atomic E-state index is 0.821. The fraction of sp³-hybridized carbons (Fsp3) is 0.500. The van der Waals surface area contributed by atoms with E-state index in [1.165, 1.54) is 31.6 Å². The van der Waals surface area contributed by atoms with E-state index in [0.717, 1.165) is 11.6 Å². The number of nitrogens with two attached hydrogens (primary N) is 1. The summed E-state index contributed by atoms with van der Waals surface area (Å²) in [7, 11) is 0. The molecule has 1 aliphatic rings. The zero-order valence-corrected chi connectivity index (χ0v) is 8.74. The molecule has 1 saturated heterocycles. The Kier molecular flexibility index (Phi) is 2.62. The second kappa shape index (κ2) is 3.91. The summed E-state index contributed by atoms with van der Waals surface area (Å²) in [5, 5.41) is 0. The van der Waals surface area contributed by atoms with E-state index >= 15 is 0 Å². The normalized spacial score (nSPS) is 22.4. The van der Waals surface area contributed by atoms with Crippen molar-refractivity contribution in [2.75, 3.05) is 23.7 Å². The number of nitrogen functional groups attached to an aromatic ring is 1.